The van der Waals surface area contributed by atoms with E-state index < -0.39 is 12.1 Å². The van der Waals surface area contributed by atoms with Crippen molar-refractivity contribution in [3.8, 4) is 0 Å². The zero-order valence-electron chi connectivity index (χ0n) is 14.0. The summed E-state index contributed by atoms with van der Waals surface area (Å²) in [6.45, 7) is 3.33. The van der Waals surface area contributed by atoms with Gasteiger partial charge in [0.05, 0.1) is 0 Å². The highest BCUT2D eigenvalue weighted by molar-refractivity contribution is 7.15. The first-order valence-corrected chi connectivity index (χ1v) is 8.66. The van der Waals surface area contributed by atoms with Crippen LogP contribution in [0, 0.1) is 6.92 Å². The van der Waals surface area contributed by atoms with Gasteiger partial charge in [-0.2, -0.15) is 0 Å². The van der Waals surface area contributed by atoms with Gasteiger partial charge in [0.15, 0.2) is 6.10 Å². The number of aryl methyl sites for hydroxylation is 1. The first-order chi connectivity index (χ1) is 12.0. The van der Waals surface area contributed by atoms with E-state index in [9.17, 15) is 14.4 Å². The summed E-state index contributed by atoms with van der Waals surface area (Å²) in [5.74, 6) is -0.993. The van der Waals surface area contributed by atoms with E-state index in [4.69, 9.17) is 4.74 Å². The molecule has 0 bridgehead atoms. The number of carbonyl (C=O) groups is 3. The highest BCUT2D eigenvalue weighted by Gasteiger charge is 2.19. The summed E-state index contributed by atoms with van der Waals surface area (Å²) in [5.41, 5.74) is 0.495. The van der Waals surface area contributed by atoms with Crippen molar-refractivity contribution in [2.75, 3.05) is 5.32 Å². The lowest BCUT2D eigenvalue weighted by Crippen LogP contribution is -2.24. The molecule has 2 aromatic rings. The minimum Gasteiger partial charge on any atom is -0.454 e. The smallest absolute Gasteiger partial charge is 0.306 e. The third kappa shape index (κ3) is 6.07. The SMILES string of the molecule is Cc1nnc(NC(=O)CCCC(=O)O[C@@H](C)C(=O)c2ccccc2)s1. The number of amides is 1. The van der Waals surface area contributed by atoms with E-state index in [1.54, 1.807) is 31.2 Å². The highest BCUT2D eigenvalue weighted by Crippen LogP contribution is 2.14. The van der Waals surface area contributed by atoms with Gasteiger partial charge in [0.25, 0.3) is 0 Å². The van der Waals surface area contributed by atoms with Gasteiger partial charge in [-0.3, -0.25) is 14.4 Å². The number of rotatable bonds is 8. The molecule has 1 aromatic carbocycles. The van der Waals surface area contributed by atoms with Crippen LogP contribution in [-0.2, 0) is 14.3 Å². The fourth-order valence-corrected chi connectivity index (χ4v) is 2.68. The fourth-order valence-electron chi connectivity index (χ4n) is 2.07. The summed E-state index contributed by atoms with van der Waals surface area (Å²) >= 11 is 1.28. The Balaban J connectivity index is 1.69. The molecule has 25 heavy (non-hydrogen) atoms. The van der Waals surface area contributed by atoms with Gasteiger partial charge >= 0.3 is 5.97 Å². The molecule has 0 unspecified atom stereocenters. The minimum absolute atomic E-state index is 0.0645. The second kappa shape index (κ2) is 9.03. The van der Waals surface area contributed by atoms with Gasteiger partial charge in [0.1, 0.15) is 5.01 Å². The predicted octanol–water partition coefficient (Wildman–Crippen LogP) is 2.77. The average Bonchev–Trinajstić information content (AvgIpc) is 2.99. The molecular weight excluding hydrogens is 342 g/mol. The number of aromatic nitrogens is 2. The number of esters is 1. The Bertz CT molecular complexity index is 745. The normalized spacial score (nSPS) is 11.6. The molecule has 2 rings (SSSR count). The van der Waals surface area contributed by atoms with Crippen LogP contribution in [0.1, 0.15) is 41.6 Å². The lowest BCUT2D eigenvalue weighted by Gasteiger charge is -2.12. The number of nitrogens with zero attached hydrogens (tertiary/aromatic N) is 2. The van der Waals surface area contributed by atoms with Gasteiger partial charge in [-0.15, -0.1) is 10.2 Å². The second-order valence-electron chi connectivity index (χ2n) is 5.39. The van der Waals surface area contributed by atoms with Gasteiger partial charge < -0.3 is 10.1 Å². The maximum Gasteiger partial charge on any atom is 0.306 e. The quantitative estimate of drug-likeness (QED) is 0.573. The maximum absolute atomic E-state index is 12.1. The van der Waals surface area contributed by atoms with Crippen molar-refractivity contribution in [3.05, 3.63) is 40.9 Å². The van der Waals surface area contributed by atoms with Crippen molar-refractivity contribution >= 4 is 34.1 Å². The van der Waals surface area contributed by atoms with Crippen LogP contribution in [0.3, 0.4) is 0 Å². The molecule has 1 N–H and O–H groups in total. The summed E-state index contributed by atoms with van der Waals surface area (Å²) in [5, 5.41) is 11.4. The Morgan fingerprint density at radius 2 is 1.88 bits per heavy atom. The van der Waals surface area contributed by atoms with Crippen LogP contribution in [0.4, 0.5) is 5.13 Å². The van der Waals surface area contributed by atoms with Crippen LogP contribution in [0.25, 0.3) is 0 Å². The van der Waals surface area contributed by atoms with Crippen molar-refractivity contribution in [1.82, 2.24) is 10.2 Å². The Hall–Kier alpha value is -2.61. The van der Waals surface area contributed by atoms with Crippen LogP contribution >= 0.6 is 11.3 Å². The van der Waals surface area contributed by atoms with Gasteiger partial charge in [-0.05, 0) is 20.3 Å². The Morgan fingerprint density at radius 3 is 2.52 bits per heavy atom. The molecule has 1 amide bonds. The van der Waals surface area contributed by atoms with E-state index in [1.807, 2.05) is 6.07 Å². The molecule has 1 heterocycles. The van der Waals surface area contributed by atoms with Gasteiger partial charge in [-0.1, -0.05) is 41.7 Å². The molecule has 132 valence electrons. The van der Waals surface area contributed by atoms with Crippen molar-refractivity contribution in [2.45, 2.75) is 39.2 Å². The van der Waals surface area contributed by atoms with Crippen molar-refractivity contribution in [3.63, 3.8) is 0 Å². The van der Waals surface area contributed by atoms with Gasteiger partial charge in [0.2, 0.25) is 16.8 Å². The van der Waals surface area contributed by atoms with Crippen molar-refractivity contribution < 1.29 is 19.1 Å². The molecule has 0 saturated heterocycles. The number of ketones is 1. The highest BCUT2D eigenvalue weighted by atomic mass is 32.1. The number of hydrogen-bond donors (Lipinski definition) is 1. The molecule has 0 aliphatic rings. The number of carbonyl (C=O) groups excluding carboxylic acids is 3. The van der Waals surface area contributed by atoms with E-state index in [0.29, 0.717) is 17.1 Å². The largest absolute Gasteiger partial charge is 0.454 e. The topological polar surface area (TPSA) is 98.2 Å². The zero-order chi connectivity index (χ0) is 18.2. The fraction of sp³-hybridized carbons (Fsp3) is 0.353. The lowest BCUT2D eigenvalue weighted by atomic mass is 10.1. The summed E-state index contributed by atoms with van der Waals surface area (Å²) in [6.07, 6.45) is -0.300. The van der Waals surface area contributed by atoms with E-state index in [0.717, 1.165) is 5.01 Å². The second-order valence-corrected chi connectivity index (χ2v) is 6.57. The molecule has 1 atom stereocenters. The zero-order valence-corrected chi connectivity index (χ0v) is 14.8. The number of anilines is 1. The average molecular weight is 361 g/mol. The number of hydrogen-bond acceptors (Lipinski definition) is 7. The molecule has 8 heteroatoms. The van der Waals surface area contributed by atoms with Crippen LogP contribution in [0.2, 0.25) is 0 Å². The van der Waals surface area contributed by atoms with Crippen LogP contribution < -0.4 is 5.32 Å². The van der Waals surface area contributed by atoms with Crippen molar-refractivity contribution in [2.24, 2.45) is 0 Å². The molecule has 0 fully saturated rings. The number of Topliss-reactive ketones (excluding diaryl/α,β-unsaturated/α-hetero) is 1. The molecule has 0 aliphatic carbocycles. The Morgan fingerprint density at radius 1 is 1.16 bits per heavy atom. The summed E-state index contributed by atoms with van der Waals surface area (Å²) in [4.78, 5) is 35.7. The summed E-state index contributed by atoms with van der Waals surface area (Å²) in [7, 11) is 0. The van der Waals surface area contributed by atoms with Crippen LogP contribution in [-0.4, -0.2) is 34.0 Å². The van der Waals surface area contributed by atoms with E-state index in [-0.39, 0.29) is 24.5 Å². The molecule has 0 saturated carbocycles. The van der Waals surface area contributed by atoms with Crippen molar-refractivity contribution in [1.29, 1.82) is 0 Å². The molecule has 0 spiro atoms. The Kier molecular flexibility index (Phi) is 6.76. The molecule has 7 nitrogen and oxygen atoms in total. The number of ether oxygens (including phenoxy) is 1. The van der Waals surface area contributed by atoms with Crippen LogP contribution in [0.15, 0.2) is 30.3 Å². The molecule has 0 aliphatic heterocycles. The third-order valence-electron chi connectivity index (χ3n) is 3.29. The van der Waals surface area contributed by atoms with Crippen LogP contribution in [0.5, 0.6) is 0 Å². The first kappa shape index (κ1) is 18.7. The molecule has 0 radical (unpaired) electrons. The number of nitrogens with one attached hydrogen (secondary N) is 1. The number of benzene rings is 1. The lowest BCUT2D eigenvalue weighted by molar-refractivity contribution is -0.146. The monoisotopic (exact) mass is 361 g/mol. The third-order valence-corrected chi connectivity index (χ3v) is 4.05. The van der Waals surface area contributed by atoms with E-state index >= 15 is 0 Å². The van der Waals surface area contributed by atoms with Gasteiger partial charge in [0, 0.05) is 18.4 Å². The Labute approximate surface area is 149 Å². The minimum atomic E-state index is -0.854. The van der Waals surface area contributed by atoms with E-state index in [1.165, 1.54) is 18.3 Å². The standard InChI is InChI=1S/C17H19N3O4S/c1-11(16(23)13-7-4-3-5-8-13)24-15(22)10-6-9-14(21)18-17-20-19-12(2)25-17/h3-5,7-8,11H,6,9-10H2,1-2H3,(H,18,20,21)/t11-/m0/s1. The van der Waals surface area contributed by atoms with E-state index in [2.05, 4.69) is 15.5 Å². The molecule has 1 aromatic heterocycles. The molecular formula is C17H19N3O4S. The maximum atomic E-state index is 12.1. The van der Waals surface area contributed by atoms with Gasteiger partial charge in [-0.25, -0.2) is 0 Å². The first-order valence-electron chi connectivity index (χ1n) is 7.84. The summed E-state index contributed by atoms with van der Waals surface area (Å²) < 4.78 is 5.13. The summed E-state index contributed by atoms with van der Waals surface area (Å²) in [6, 6.07) is 8.65. The predicted molar refractivity (Wildman–Crippen MR) is 93.5 cm³/mol.